The number of carbonyl (C=O) groups is 1. The maximum atomic E-state index is 11.8. The first-order chi connectivity index (χ1) is 13.2. The highest BCUT2D eigenvalue weighted by molar-refractivity contribution is 9.10. The lowest BCUT2D eigenvalue weighted by Gasteiger charge is -2.20. The predicted octanol–water partition coefficient (Wildman–Crippen LogP) is 2.22. The van der Waals surface area contributed by atoms with Gasteiger partial charge >= 0.3 is 0 Å². The number of rotatable bonds is 6. The van der Waals surface area contributed by atoms with Crippen molar-refractivity contribution in [1.82, 2.24) is 16.0 Å². The fraction of sp³-hybridized carbons (Fsp3) is 0.368. The highest BCUT2D eigenvalue weighted by Crippen LogP contribution is 2.22. The molecule has 1 fully saturated rings. The lowest BCUT2D eigenvalue weighted by Crippen LogP contribution is -2.46. The third-order valence-electron chi connectivity index (χ3n) is 4.39. The Bertz CT molecular complexity index is 761. The molecule has 1 aliphatic heterocycles. The minimum Gasteiger partial charge on any atom is -0.459 e. The van der Waals surface area contributed by atoms with Gasteiger partial charge in [0.15, 0.2) is 11.7 Å². The predicted molar refractivity (Wildman–Crippen MR) is 110 cm³/mol. The van der Waals surface area contributed by atoms with Gasteiger partial charge in [0.25, 0.3) is 5.91 Å². The van der Waals surface area contributed by atoms with Crippen molar-refractivity contribution in [3.05, 3.63) is 52.9 Å². The molecule has 3 rings (SSSR count). The number of nitrogens with zero attached hydrogens (tertiary/aromatic N) is 2. The van der Waals surface area contributed by atoms with Gasteiger partial charge < -0.3 is 25.3 Å². The van der Waals surface area contributed by atoms with Crippen LogP contribution in [-0.4, -0.2) is 51.1 Å². The van der Waals surface area contributed by atoms with E-state index in [-0.39, 0.29) is 5.91 Å². The fourth-order valence-corrected chi connectivity index (χ4v) is 3.27. The summed E-state index contributed by atoms with van der Waals surface area (Å²) in [6.45, 7) is 3.00. The van der Waals surface area contributed by atoms with Crippen molar-refractivity contribution in [3.63, 3.8) is 0 Å². The molecule has 2 aromatic rings. The van der Waals surface area contributed by atoms with Crippen LogP contribution in [0.2, 0.25) is 0 Å². The zero-order valence-corrected chi connectivity index (χ0v) is 16.8. The van der Waals surface area contributed by atoms with Crippen molar-refractivity contribution in [2.75, 3.05) is 38.1 Å². The van der Waals surface area contributed by atoms with Crippen molar-refractivity contribution in [3.8, 4) is 0 Å². The second-order valence-electron chi connectivity index (χ2n) is 6.28. The van der Waals surface area contributed by atoms with Gasteiger partial charge in [0.2, 0.25) is 0 Å². The summed E-state index contributed by atoms with van der Waals surface area (Å²) in [5, 5.41) is 9.48. The molecule has 0 spiro atoms. The van der Waals surface area contributed by atoms with Crippen molar-refractivity contribution >= 4 is 33.5 Å². The maximum absolute atomic E-state index is 11.8. The molecule has 8 heteroatoms. The molecular formula is C19H24BrN5O2. The van der Waals surface area contributed by atoms with E-state index in [9.17, 15) is 4.79 Å². The third-order valence-corrected chi connectivity index (χ3v) is 4.92. The number of furan rings is 1. The standard InChI is InChI=1S/C19H24BrN5O2/c1-21-19(23-10-9-22-18(26)17-3-2-12-27-17)24-15-8-11-25(13-15)16-6-4-14(20)5-7-16/h2-7,12,15H,8-11,13H2,1H3,(H,22,26)(H2,21,23,24). The monoisotopic (exact) mass is 433 g/mol. The van der Waals surface area contributed by atoms with Gasteiger partial charge in [0, 0.05) is 49.4 Å². The molecule has 0 bridgehead atoms. The van der Waals surface area contributed by atoms with Gasteiger partial charge in [0.1, 0.15) is 0 Å². The molecular weight excluding hydrogens is 410 g/mol. The molecule has 1 amide bonds. The quantitative estimate of drug-likeness (QED) is 0.369. The summed E-state index contributed by atoms with van der Waals surface area (Å²) in [7, 11) is 1.75. The maximum Gasteiger partial charge on any atom is 0.287 e. The minimum atomic E-state index is -0.217. The lowest BCUT2D eigenvalue weighted by atomic mass is 10.3. The van der Waals surface area contributed by atoms with Crippen LogP contribution in [-0.2, 0) is 0 Å². The molecule has 0 aliphatic carbocycles. The van der Waals surface area contributed by atoms with E-state index >= 15 is 0 Å². The molecule has 2 heterocycles. The number of hydrogen-bond acceptors (Lipinski definition) is 4. The number of halogens is 1. The summed E-state index contributed by atoms with van der Waals surface area (Å²) >= 11 is 3.47. The topological polar surface area (TPSA) is 81.9 Å². The number of guanidine groups is 1. The summed E-state index contributed by atoms with van der Waals surface area (Å²) in [5.41, 5.74) is 1.23. The van der Waals surface area contributed by atoms with Crippen LogP contribution in [0.3, 0.4) is 0 Å². The SMILES string of the molecule is CN=C(NCCNC(=O)c1ccco1)NC1CCN(c2ccc(Br)cc2)C1. The lowest BCUT2D eigenvalue weighted by molar-refractivity contribution is 0.0926. The molecule has 7 nitrogen and oxygen atoms in total. The van der Waals surface area contributed by atoms with Gasteiger partial charge in [-0.1, -0.05) is 15.9 Å². The number of nitrogens with one attached hydrogen (secondary N) is 3. The molecule has 1 aliphatic rings. The molecule has 1 unspecified atom stereocenters. The fourth-order valence-electron chi connectivity index (χ4n) is 3.00. The summed E-state index contributed by atoms with van der Waals surface area (Å²) in [6.07, 6.45) is 2.53. The molecule has 0 radical (unpaired) electrons. The second-order valence-corrected chi connectivity index (χ2v) is 7.20. The number of amides is 1. The molecule has 144 valence electrons. The molecule has 1 aromatic carbocycles. The van der Waals surface area contributed by atoms with Gasteiger partial charge in [-0.05, 0) is 42.8 Å². The summed E-state index contributed by atoms with van der Waals surface area (Å²) in [6, 6.07) is 12.0. The van der Waals surface area contributed by atoms with Gasteiger partial charge in [-0.2, -0.15) is 0 Å². The summed E-state index contributed by atoms with van der Waals surface area (Å²) < 4.78 is 6.15. The van der Waals surface area contributed by atoms with E-state index in [1.54, 1.807) is 19.2 Å². The first kappa shape index (κ1) is 19.3. The Morgan fingerprint density at radius 3 is 2.74 bits per heavy atom. The van der Waals surface area contributed by atoms with Crippen LogP contribution in [0.15, 0.2) is 56.5 Å². The van der Waals surface area contributed by atoms with Gasteiger partial charge in [-0.15, -0.1) is 0 Å². The highest BCUT2D eigenvalue weighted by atomic mass is 79.9. The van der Waals surface area contributed by atoms with E-state index in [1.165, 1.54) is 12.0 Å². The third kappa shape index (κ3) is 5.50. The Labute approximate surface area is 167 Å². The summed E-state index contributed by atoms with van der Waals surface area (Å²) in [4.78, 5) is 18.4. The first-order valence-electron chi connectivity index (χ1n) is 8.95. The molecule has 0 saturated carbocycles. The number of hydrogen-bond donors (Lipinski definition) is 3. The summed E-state index contributed by atoms with van der Waals surface area (Å²) in [5.74, 6) is 0.840. The molecule has 1 atom stereocenters. The number of aliphatic imine (C=N–C) groups is 1. The normalized spacial score (nSPS) is 17.0. The number of anilines is 1. The number of carbonyl (C=O) groups excluding carboxylic acids is 1. The van der Waals surface area contributed by atoms with Crippen molar-refractivity contribution in [1.29, 1.82) is 0 Å². The largest absolute Gasteiger partial charge is 0.459 e. The van der Waals surface area contributed by atoms with Gasteiger partial charge in [-0.3, -0.25) is 9.79 Å². The molecule has 1 saturated heterocycles. The van der Waals surface area contributed by atoms with Crippen LogP contribution < -0.4 is 20.9 Å². The van der Waals surface area contributed by atoms with Crippen molar-refractivity contribution < 1.29 is 9.21 Å². The van der Waals surface area contributed by atoms with E-state index in [2.05, 4.69) is 66.0 Å². The van der Waals surface area contributed by atoms with Crippen LogP contribution in [0.5, 0.6) is 0 Å². The second kappa shape index (κ2) is 9.45. The molecule has 27 heavy (non-hydrogen) atoms. The van der Waals surface area contributed by atoms with Crippen LogP contribution in [0.25, 0.3) is 0 Å². The zero-order valence-electron chi connectivity index (χ0n) is 15.2. The van der Waals surface area contributed by atoms with Crippen molar-refractivity contribution in [2.45, 2.75) is 12.5 Å². The van der Waals surface area contributed by atoms with Crippen LogP contribution in [0.1, 0.15) is 17.0 Å². The zero-order chi connectivity index (χ0) is 19.1. The highest BCUT2D eigenvalue weighted by Gasteiger charge is 2.23. The van der Waals surface area contributed by atoms with Gasteiger partial charge in [0.05, 0.1) is 6.26 Å². The van der Waals surface area contributed by atoms with E-state index in [0.717, 1.165) is 29.9 Å². The Kier molecular flexibility index (Phi) is 6.75. The van der Waals surface area contributed by atoms with Crippen LogP contribution in [0, 0.1) is 0 Å². The van der Waals surface area contributed by atoms with Gasteiger partial charge in [-0.25, -0.2) is 0 Å². The average Bonchev–Trinajstić information content (AvgIpc) is 3.37. The van der Waals surface area contributed by atoms with E-state index in [1.807, 2.05) is 0 Å². The van der Waals surface area contributed by atoms with E-state index < -0.39 is 0 Å². The number of benzene rings is 1. The Morgan fingerprint density at radius 2 is 2.04 bits per heavy atom. The minimum absolute atomic E-state index is 0.217. The van der Waals surface area contributed by atoms with E-state index in [0.29, 0.717) is 24.9 Å². The smallest absolute Gasteiger partial charge is 0.287 e. The first-order valence-corrected chi connectivity index (χ1v) is 9.74. The van der Waals surface area contributed by atoms with E-state index in [4.69, 9.17) is 4.42 Å². The Balaban J connectivity index is 1.39. The average molecular weight is 434 g/mol. The van der Waals surface area contributed by atoms with Crippen LogP contribution in [0.4, 0.5) is 5.69 Å². The molecule has 3 N–H and O–H groups in total. The van der Waals surface area contributed by atoms with Crippen LogP contribution >= 0.6 is 15.9 Å². The van der Waals surface area contributed by atoms with Crippen molar-refractivity contribution in [2.24, 2.45) is 4.99 Å². The molecule has 1 aromatic heterocycles. The Hall–Kier alpha value is -2.48. The Morgan fingerprint density at radius 1 is 1.26 bits per heavy atom.